The van der Waals surface area contributed by atoms with E-state index in [2.05, 4.69) is 10.4 Å². The van der Waals surface area contributed by atoms with Crippen molar-refractivity contribution >= 4 is 5.91 Å². The second-order valence-electron chi connectivity index (χ2n) is 6.08. The van der Waals surface area contributed by atoms with Crippen LogP contribution in [0.1, 0.15) is 36.2 Å². The first-order chi connectivity index (χ1) is 9.75. The van der Waals surface area contributed by atoms with Gasteiger partial charge in [0.25, 0.3) is 5.91 Å². The van der Waals surface area contributed by atoms with Crippen LogP contribution in [0.2, 0.25) is 0 Å². The van der Waals surface area contributed by atoms with E-state index in [1.54, 1.807) is 16.9 Å². The molecule has 0 radical (unpaired) electrons. The lowest BCUT2D eigenvalue weighted by Gasteiger charge is -2.37. The first-order valence-corrected chi connectivity index (χ1v) is 7.73. The number of likely N-dealkylation sites (tertiary alicyclic amines) is 1. The molecule has 3 rings (SSSR count). The second-order valence-corrected chi connectivity index (χ2v) is 6.08. The number of amides is 1. The van der Waals surface area contributed by atoms with Crippen LogP contribution in [-0.2, 0) is 7.05 Å². The Labute approximate surface area is 120 Å². The molecule has 20 heavy (non-hydrogen) atoms. The van der Waals surface area contributed by atoms with Crippen molar-refractivity contribution in [1.29, 1.82) is 0 Å². The lowest BCUT2D eigenvalue weighted by molar-refractivity contribution is 0.0634. The lowest BCUT2D eigenvalue weighted by atomic mass is 9.80. The number of hydrogen-bond donors (Lipinski definition) is 1. The lowest BCUT2D eigenvalue weighted by Crippen LogP contribution is -2.43. The van der Waals surface area contributed by atoms with Gasteiger partial charge in [-0.1, -0.05) is 0 Å². The second kappa shape index (κ2) is 5.95. The Balaban J connectivity index is 1.55. The fraction of sp³-hybridized carbons (Fsp3) is 0.733. The van der Waals surface area contributed by atoms with Crippen molar-refractivity contribution in [3.05, 3.63) is 18.0 Å². The third kappa shape index (κ3) is 2.73. The smallest absolute Gasteiger partial charge is 0.272 e. The Morgan fingerprint density at radius 2 is 2.10 bits per heavy atom. The molecule has 1 N–H and O–H groups in total. The van der Waals surface area contributed by atoms with E-state index >= 15 is 0 Å². The molecule has 0 bridgehead atoms. The average molecular weight is 276 g/mol. The van der Waals surface area contributed by atoms with Gasteiger partial charge in [-0.25, -0.2) is 0 Å². The van der Waals surface area contributed by atoms with Gasteiger partial charge in [-0.2, -0.15) is 5.10 Å². The summed E-state index contributed by atoms with van der Waals surface area (Å²) in [6.45, 7) is 4.13. The quantitative estimate of drug-likeness (QED) is 0.885. The molecule has 2 aliphatic heterocycles. The molecule has 5 heteroatoms. The highest BCUT2D eigenvalue weighted by Crippen LogP contribution is 2.29. The summed E-state index contributed by atoms with van der Waals surface area (Å²) < 4.78 is 1.67. The molecule has 0 aliphatic carbocycles. The van der Waals surface area contributed by atoms with E-state index in [0.29, 0.717) is 5.69 Å². The van der Waals surface area contributed by atoms with E-state index in [0.717, 1.165) is 37.8 Å². The van der Waals surface area contributed by atoms with Gasteiger partial charge in [-0.3, -0.25) is 9.48 Å². The van der Waals surface area contributed by atoms with Crippen molar-refractivity contribution in [2.75, 3.05) is 26.2 Å². The van der Waals surface area contributed by atoms with Gasteiger partial charge >= 0.3 is 0 Å². The van der Waals surface area contributed by atoms with Crippen molar-refractivity contribution in [2.45, 2.75) is 25.7 Å². The summed E-state index contributed by atoms with van der Waals surface area (Å²) in [5.74, 6) is 1.74. The van der Waals surface area contributed by atoms with Crippen LogP contribution in [0, 0.1) is 11.8 Å². The fourth-order valence-corrected chi connectivity index (χ4v) is 3.60. The summed E-state index contributed by atoms with van der Waals surface area (Å²) in [7, 11) is 1.83. The number of rotatable bonds is 2. The molecule has 3 heterocycles. The van der Waals surface area contributed by atoms with Gasteiger partial charge in [0.05, 0.1) is 0 Å². The van der Waals surface area contributed by atoms with Gasteiger partial charge in [0.15, 0.2) is 0 Å². The molecule has 1 unspecified atom stereocenters. The first kappa shape index (κ1) is 13.6. The predicted molar refractivity (Wildman–Crippen MR) is 77.4 cm³/mol. The Hall–Kier alpha value is -1.36. The molecule has 0 spiro atoms. The van der Waals surface area contributed by atoms with E-state index in [-0.39, 0.29) is 5.91 Å². The largest absolute Gasteiger partial charge is 0.337 e. The SMILES string of the molecule is Cn1nccc1C(=O)N1CCC(C2CCCNC2)CC1. The van der Waals surface area contributed by atoms with E-state index in [4.69, 9.17) is 0 Å². The number of nitrogens with one attached hydrogen (secondary N) is 1. The monoisotopic (exact) mass is 276 g/mol. The van der Waals surface area contributed by atoms with Crippen molar-refractivity contribution in [3.63, 3.8) is 0 Å². The molecule has 1 aromatic heterocycles. The first-order valence-electron chi connectivity index (χ1n) is 7.73. The number of carbonyl (C=O) groups excluding carboxylic acids is 1. The Kier molecular flexibility index (Phi) is 4.05. The molecule has 0 aromatic carbocycles. The number of piperidine rings is 2. The molecule has 0 saturated carbocycles. The number of nitrogens with zero attached hydrogens (tertiary/aromatic N) is 3. The van der Waals surface area contributed by atoms with Crippen molar-refractivity contribution in [2.24, 2.45) is 18.9 Å². The number of aromatic nitrogens is 2. The summed E-state index contributed by atoms with van der Waals surface area (Å²) in [4.78, 5) is 14.4. The summed E-state index contributed by atoms with van der Waals surface area (Å²) in [5.41, 5.74) is 0.697. The zero-order valence-electron chi connectivity index (χ0n) is 12.2. The molecule has 1 amide bonds. The Morgan fingerprint density at radius 1 is 1.30 bits per heavy atom. The van der Waals surface area contributed by atoms with Crippen LogP contribution in [0.4, 0.5) is 0 Å². The normalized spacial score (nSPS) is 24.9. The van der Waals surface area contributed by atoms with Gasteiger partial charge in [-0.05, 0) is 56.7 Å². The molecule has 2 saturated heterocycles. The van der Waals surface area contributed by atoms with E-state index in [9.17, 15) is 4.79 Å². The molecule has 5 nitrogen and oxygen atoms in total. The highest BCUT2D eigenvalue weighted by atomic mass is 16.2. The summed E-state index contributed by atoms with van der Waals surface area (Å²) in [6.07, 6.45) is 6.64. The highest BCUT2D eigenvalue weighted by molar-refractivity contribution is 5.92. The minimum absolute atomic E-state index is 0.130. The van der Waals surface area contributed by atoms with Crippen molar-refractivity contribution in [1.82, 2.24) is 20.0 Å². The zero-order valence-corrected chi connectivity index (χ0v) is 12.2. The molecular weight excluding hydrogens is 252 g/mol. The van der Waals surface area contributed by atoms with Crippen LogP contribution < -0.4 is 5.32 Å². The van der Waals surface area contributed by atoms with Crippen molar-refractivity contribution in [3.8, 4) is 0 Å². The van der Waals surface area contributed by atoms with Crippen LogP contribution in [0.15, 0.2) is 12.3 Å². The van der Waals surface area contributed by atoms with Crippen LogP contribution >= 0.6 is 0 Å². The third-order valence-corrected chi connectivity index (χ3v) is 4.87. The van der Waals surface area contributed by atoms with Crippen LogP contribution in [0.3, 0.4) is 0 Å². The fourth-order valence-electron chi connectivity index (χ4n) is 3.60. The zero-order chi connectivity index (χ0) is 13.9. The highest BCUT2D eigenvalue weighted by Gasteiger charge is 2.30. The molecule has 1 aromatic rings. The van der Waals surface area contributed by atoms with E-state index in [1.165, 1.54) is 25.9 Å². The minimum Gasteiger partial charge on any atom is -0.337 e. The maximum absolute atomic E-state index is 12.4. The molecule has 2 aliphatic rings. The van der Waals surface area contributed by atoms with E-state index in [1.807, 2.05) is 11.9 Å². The van der Waals surface area contributed by atoms with Crippen LogP contribution in [-0.4, -0.2) is 46.8 Å². The minimum atomic E-state index is 0.130. The number of aryl methyl sites for hydroxylation is 1. The van der Waals surface area contributed by atoms with Crippen LogP contribution in [0.5, 0.6) is 0 Å². The summed E-state index contributed by atoms with van der Waals surface area (Å²) in [6, 6.07) is 1.81. The average Bonchev–Trinajstić information content (AvgIpc) is 2.94. The van der Waals surface area contributed by atoms with Crippen molar-refractivity contribution < 1.29 is 4.79 Å². The Bertz CT molecular complexity index is 456. The van der Waals surface area contributed by atoms with Gasteiger partial charge in [0, 0.05) is 26.3 Å². The predicted octanol–water partition coefficient (Wildman–Crippen LogP) is 1.27. The number of carbonyl (C=O) groups is 1. The molecule has 1 atom stereocenters. The Morgan fingerprint density at radius 3 is 2.70 bits per heavy atom. The molecular formula is C15H24N4O. The molecule has 110 valence electrons. The van der Waals surface area contributed by atoms with E-state index < -0.39 is 0 Å². The van der Waals surface area contributed by atoms with Gasteiger partial charge < -0.3 is 10.2 Å². The van der Waals surface area contributed by atoms with Gasteiger partial charge in [-0.15, -0.1) is 0 Å². The maximum atomic E-state index is 12.4. The summed E-state index contributed by atoms with van der Waals surface area (Å²) in [5, 5.41) is 7.59. The molecule has 2 fully saturated rings. The maximum Gasteiger partial charge on any atom is 0.272 e. The topological polar surface area (TPSA) is 50.2 Å². The van der Waals surface area contributed by atoms with Gasteiger partial charge in [0.1, 0.15) is 5.69 Å². The van der Waals surface area contributed by atoms with Crippen LogP contribution in [0.25, 0.3) is 0 Å². The standard InChI is InChI=1S/C15H24N4O/c1-18-14(4-8-17-18)15(20)19-9-5-12(6-10-19)13-3-2-7-16-11-13/h4,8,12-13,16H,2-3,5-7,9-11H2,1H3. The van der Waals surface area contributed by atoms with Gasteiger partial charge in [0.2, 0.25) is 0 Å². The summed E-state index contributed by atoms with van der Waals surface area (Å²) >= 11 is 0. The third-order valence-electron chi connectivity index (χ3n) is 4.87. The number of hydrogen-bond acceptors (Lipinski definition) is 3.